The number of carbonyl (C=O) groups is 2. The molecule has 6 N–H and O–H groups in total. The highest BCUT2D eigenvalue weighted by molar-refractivity contribution is 5.96. The van der Waals surface area contributed by atoms with Crippen LogP contribution in [-0.2, 0) is 20.9 Å². The first kappa shape index (κ1) is 22.7. The first-order chi connectivity index (χ1) is 14.7. The fourth-order valence-corrected chi connectivity index (χ4v) is 3.22. The lowest BCUT2D eigenvalue weighted by atomic mass is 9.99. The molecule has 1 aliphatic rings. The number of aliphatic carboxylic acids is 1. The van der Waals surface area contributed by atoms with Gasteiger partial charge in [0, 0.05) is 5.69 Å². The summed E-state index contributed by atoms with van der Waals surface area (Å²) < 4.78 is 10.1. The number of para-hydroxylation sites is 1. The van der Waals surface area contributed by atoms with E-state index in [1.54, 1.807) is 43.3 Å². The van der Waals surface area contributed by atoms with Crippen molar-refractivity contribution < 1.29 is 44.6 Å². The van der Waals surface area contributed by atoms with E-state index < -0.39 is 42.6 Å². The Morgan fingerprint density at radius 1 is 1.00 bits per heavy atom. The van der Waals surface area contributed by atoms with Crippen LogP contribution in [-0.4, -0.2) is 68.2 Å². The maximum Gasteiger partial charge on any atom is 0.342 e. The van der Waals surface area contributed by atoms with Gasteiger partial charge in [0.15, 0.2) is 6.10 Å². The summed E-state index contributed by atoms with van der Waals surface area (Å²) in [6.45, 7) is 1.65. The molecule has 1 aliphatic heterocycles. The van der Waals surface area contributed by atoms with Gasteiger partial charge in [0.1, 0.15) is 18.3 Å². The summed E-state index contributed by atoms with van der Waals surface area (Å²) in [6, 6.07) is 11.6. The third-order valence-corrected chi connectivity index (χ3v) is 5.07. The number of ether oxygens (including phenoxy) is 2. The van der Waals surface area contributed by atoms with Crippen molar-refractivity contribution in [1.29, 1.82) is 0 Å². The topological polar surface area (TPSA) is 166 Å². The molecule has 0 aliphatic carbocycles. The Balaban J connectivity index is 1.83. The average Bonchev–Trinajstić information content (AvgIpc) is 2.75. The van der Waals surface area contributed by atoms with Gasteiger partial charge in [-0.2, -0.15) is 0 Å². The number of carboxylic acid groups (broad SMARTS) is 1. The molecule has 166 valence electrons. The maximum absolute atomic E-state index is 12.8. The van der Waals surface area contributed by atoms with E-state index >= 15 is 0 Å². The van der Waals surface area contributed by atoms with Crippen molar-refractivity contribution in [1.82, 2.24) is 0 Å². The normalized spacial score (nSPS) is 25.6. The Bertz CT molecular complexity index is 964. The number of carbonyl (C=O) groups excluding carboxylic acids is 1. The van der Waals surface area contributed by atoms with E-state index in [0.717, 1.165) is 5.56 Å². The largest absolute Gasteiger partial charge is 0.479 e. The van der Waals surface area contributed by atoms with Crippen LogP contribution in [0.1, 0.15) is 21.5 Å². The summed E-state index contributed by atoms with van der Waals surface area (Å²) in [5, 5.41) is 51.3. The minimum absolute atomic E-state index is 0.0552. The third kappa shape index (κ3) is 4.68. The van der Waals surface area contributed by atoms with Gasteiger partial charge in [-0.05, 0) is 36.2 Å². The second-order valence-electron chi connectivity index (χ2n) is 7.06. The molecule has 1 saturated heterocycles. The van der Waals surface area contributed by atoms with Crippen LogP contribution in [0.3, 0.4) is 0 Å². The molecule has 2 aromatic carbocycles. The summed E-state index contributed by atoms with van der Waals surface area (Å²) >= 11 is 0. The van der Waals surface area contributed by atoms with Gasteiger partial charge in [0.05, 0.1) is 17.9 Å². The van der Waals surface area contributed by atoms with Gasteiger partial charge < -0.3 is 40.3 Å². The number of hydrogen-bond donors (Lipinski definition) is 6. The Morgan fingerprint density at radius 3 is 2.35 bits per heavy atom. The lowest BCUT2D eigenvalue weighted by Crippen LogP contribution is -2.60. The van der Waals surface area contributed by atoms with Crippen LogP contribution < -0.4 is 5.32 Å². The fourth-order valence-electron chi connectivity index (χ4n) is 3.22. The Kier molecular flexibility index (Phi) is 6.88. The molecule has 5 atom stereocenters. The summed E-state index contributed by atoms with van der Waals surface area (Å²) in [5.41, 5.74) is 2.54. The van der Waals surface area contributed by atoms with Crippen LogP contribution in [0, 0.1) is 6.92 Å². The van der Waals surface area contributed by atoms with E-state index in [2.05, 4.69) is 5.32 Å². The quantitative estimate of drug-likeness (QED) is 0.348. The Hall–Kier alpha value is -3.02. The van der Waals surface area contributed by atoms with Crippen molar-refractivity contribution in [2.45, 2.75) is 44.2 Å². The highest BCUT2D eigenvalue weighted by Gasteiger charge is 2.48. The molecule has 3 rings (SSSR count). The molecular weight excluding hydrogens is 410 g/mol. The van der Waals surface area contributed by atoms with Gasteiger partial charge in [0.2, 0.25) is 6.29 Å². The van der Waals surface area contributed by atoms with Gasteiger partial charge >= 0.3 is 11.9 Å². The van der Waals surface area contributed by atoms with Gasteiger partial charge in [-0.1, -0.05) is 24.3 Å². The molecule has 0 unspecified atom stereocenters. The first-order valence-corrected chi connectivity index (χ1v) is 9.43. The molecule has 0 amide bonds. The number of nitrogens with one attached hydrogen (secondary N) is 1. The van der Waals surface area contributed by atoms with Gasteiger partial charge in [0.25, 0.3) is 0 Å². The van der Waals surface area contributed by atoms with Crippen LogP contribution >= 0.6 is 0 Å². The molecule has 0 bridgehead atoms. The van der Waals surface area contributed by atoms with Crippen molar-refractivity contribution in [3.05, 3.63) is 59.2 Å². The lowest BCUT2D eigenvalue weighted by molar-refractivity contribution is -0.278. The Labute approximate surface area is 177 Å². The molecular formula is C21H23NO9. The fraction of sp³-hybridized carbons (Fsp3) is 0.333. The number of aliphatic hydroxyl groups is 4. The van der Waals surface area contributed by atoms with E-state index in [-0.39, 0.29) is 12.2 Å². The molecule has 0 radical (unpaired) electrons. The SMILES string of the molecule is Cc1c(CO)cccc1Nc1ccccc1C(=O)O[C@@H]1O[C@@H](C(=O)O)[C@H](O)[C@@H](O)[C@H]1O. The third-order valence-electron chi connectivity index (χ3n) is 5.07. The van der Waals surface area contributed by atoms with Gasteiger partial charge in [-0.15, -0.1) is 0 Å². The van der Waals surface area contributed by atoms with Crippen LogP contribution in [0.2, 0.25) is 0 Å². The molecule has 2 aromatic rings. The zero-order valence-corrected chi connectivity index (χ0v) is 16.5. The molecule has 10 nitrogen and oxygen atoms in total. The molecule has 1 fully saturated rings. The maximum atomic E-state index is 12.8. The highest BCUT2D eigenvalue weighted by Crippen LogP contribution is 2.28. The zero-order valence-electron chi connectivity index (χ0n) is 16.5. The summed E-state index contributed by atoms with van der Waals surface area (Å²) in [6.07, 6.45) is -9.31. The molecule has 0 spiro atoms. The van der Waals surface area contributed by atoms with Crippen LogP contribution in [0.4, 0.5) is 11.4 Å². The van der Waals surface area contributed by atoms with Crippen LogP contribution in [0.5, 0.6) is 0 Å². The number of hydrogen-bond acceptors (Lipinski definition) is 9. The Morgan fingerprint density at radius 2 is 1.68 bits per heavy atom. The number of aliphatic hydroxyl groups excluding tert-OH is 4. The second kappa shape index (κ2) is 9.41. The second-order valence-corrected chi connectivity index (χ2v) is 7.06. The number of rotatable bonds is 6. The van der Waals surface area contributed by atoms with E-state index in [1.807, 2.05) is 0 Å². The summed E-state index contributed by atoms with van der Waals surface area (Å²) in [4.78, 5) is 24.0. The van der Waals surface area contributed by atoms with Crippen LogP contribution in [0.15, 0.2) is 42.5 Å². The summed E-state index contributed by atoms with van der Waals surface area (Å²) in [5.74, 6) is -2.53. The van der Waals surface area contributed by atoms with Gasteiger partial charge in [-0.25, -0.2) is 9.59 Å². The van der Waals surface area contributed by atoms with E-state index in [4.69, 9.17) is 14.6 Å². The predicted molar refractivity (Wildman–Crippen MR) is 107 cm³/mol. The van der Waals surface area contributed by atoms with E-state index in [9.17, 15) is 30.0 Å². The molecule has 0 saturated carbocycles. The predicted octanol–water partition coefficient (Wildman–Crippen LogP) is 0.280. The minimum Gasteiger partial charge on any atom is -0.479 e. The van der Waals surface area contributed by atoms with Crippen molar-refractivity contribution in [2.75, 3.05) is 5.32 Å². The number of carboxylic acids is 1. The molecule has 1 heterocycles. The minimum atomic E-state index is -1.89. The molecule has 10 heteroatoms. The smallest absolute Gasteiger partial charge is 0.342 e. The van der Waals surface area contributed by atoms with Gasteiger partial charge in [-0.3, -0.25) is 0 Å². The van der Waals surface area contributed by atoms with Crippen LogP contribution in [0.25, 0.3) is 0 Å². The average molecular weight is 433 g/mol. The zero-order chi connectivity index (χ0) is 22.7. The standard InChI is InChI=1S/C21H23NO9/c1-10-11(9-23)5-4-8-13(10)22-14-7-3-2-6-12(14)20(29)31-21-17(26)15(24)16(25)18(30-21)19(27)28/h2-8,15-18,21-26H,9H2,1H3,(H,27,28)/t15-,16-,17-,18-,21+/m1/s1. The number of esters is 1. The molecule has 31 heavy (non-hydrogen) atoms. The highest BCUT2D eigenvalue weighted by atomic mass is 16.7. The van der Waals surface area contributed by atoms with Crippen molar-refractivity contribution >= 4 is 23.3 Å². The first-order valence-electron chi connectivity index (χ1n) is 9.43. The monoisotopic (exact) mass is 433 g/mol. The van der Waals surface area contributed by atoms with Crippen molar-refractivity contribution in [3.8, 4) is 0 Å². The number of anilines is 2. The number of benzene rings is 2. The lowest BCUT2D eigenvalue weighted by Gasteiger charge is -2.38. The van der Waals surface area contributed by atoms with Crippen molar-refractivity contribution in [2.24, 2.45) is 0 Å². The van der Waals surface area contributed by atoms with E-state index in [1.165, 1.54) is 6.07 Å². The van der Waals surface area contributed by atoms with Crippen molar-refractivity contribution in [3.63, 3.8) is 0 Å². The summed E-state index contributed by atoms with van der Waals surface area (Å²) in [7, 11) is 0. The van der Waals surface area contributed by atoms with E-state index in [0.29, 0.717) is 16.9 Å². The molecule has 0 aromatic heterocycles.